The molecule has 0 radical (unpaired) electrons. The van der Waals surface area contributed by atoms with Crippen LogP contribution in [0.25, 0.3) is 0 Å². The second kappa shape index (κ2) is 6.70. The normalized spacial score (nSPS) is 20.9. The van der Waals surface area contributed by atoms with Gasteiger partial charge in [-0.15, -0.1) is 0 Å². The fraction of sp³-hybridized carbons (Fsp3) is 0.647. The van der Waals surface area contributed by atoms with Gasteiger partial charge in [0.05, 0.1) is 6.10 Å². The zero-order chi connectivity index (χ0) is 13.8. The number of aliphatic hydroxyl groups is 1. The number of nitrogens with one attached hydrogen (secondary N) is 1. The predicted octanol–water partition coefficient (Wildman–Crippen LogP) is 1.89. The summed E-state index contributed by atoms with van der Waals surface area (Å²) in [6.07, 6.45) is 5.35. The summed E-state index contributed by atoms with van der Waals surface area (Å²) in [6, 6.07) is 6.58. The molecule has 1 aliphatic carbocycles. The number of hydrogen-bond acceptors (Lipinski definition) is 3. The molecule has 1 unspecified atom stereocenters. The van der Waals surface area contributed by atoms with E-state index in [9.17, 15) is 5.11 Å². The number of hydrogen-bond donors (Lipinski definition) is 2. The van der Waals surface area contributed by atoms with Crippen LogP contribution in [0.2, 0.25) is 0 Å². The second-order valence-electron chi connectivity index (χ2n) is 6.13. The van der Waals surface area contributed by atoms with Gasteiger partial charge >= 0.3 is 0 Å². The number of piperazine rings is 1. The maximum absolute atomic E-state index is 10.4. The van der Waals surface area contributed by atoms with E-state index in [1.807, 2.05) is 0 Å². The van der Waals surface area contributed by atoms with Crippen LogP contribution in [0.3, 0.4) is 0 Å². The number of fused-ring (bicyclic) bond motifs is 1. The first kappa shape index (κ1) is 14.1. The summed E-state index contributed by atoms with van der Waals surface area (Å²) in [7, 11) is 0. The molecule has 2 aliphatic rings. The molecular formula is C17H26N2O. The Kier molecular flexibility index (Phi) is 4.71. The molecule has 1 aromatic carbocycles. The summed E-state index contributed by atoms with van der Waals surface area (Å²) in [6.45, 7) is 5.62. The van der Waals surface area contributed by atoms with E-state index in [1.54, 1.807) is 0 Å². The van der Waals surface area contributed by atoms with Gasteiger partial charge in [0, 0.05) is 26.2 Å². The maximum Gasteiger partial charge on any atom is 0.0790 e. The summed E-state index contributed by atoms with van der Waals surface area (Å²) < 4.78 is 0. The van der Waals surface area contributed by atoms with Gasteiger partial charge in [-0.3, -0.25) is 0 Å². The molecule has 0 amide bonds. The lowest BCUT2D eigenvalue weighted by molar-refractivity contribution is 0.152. The molecular weight excluding hydrogens is 248 g/mol. The molecule has 0 bridgehead atoms. The van der Waals surface area contributed by atoms with Crippen molar-refractivity contribution in [1.29, 1.82) is 0 Å². The maximum atomic E-state index is 10.4. The van der Waals surface area contributed by atoms with E-state index < -0.39 is 0 Å². The van der Waals surface area contributed by atoms with Crippen LogP contribution in [0, 0.1) is 0 Å². The lowest BCUT2D eigenvalue weighted by atomic mass is 10.00. The minimum Gasteiger partial charge on any atom is -0.388 e. The molecule has 2 N–H and O–H groups in total. The van der Waals surface area contributed by atoms with Gasteiger partial charge in [0.1, 0.15) is 0 Å². The second-order valence-corrected chi connectivity index (χ2v) is 6.13. The third-order valence-corrected chi connectivity index (χ3v) is 4.67. The highest BCUT2D eigenvalue weighted by Gasteiger charge is 2.15. The van der Waals surface area contributed by atoms with Crippen molar-refractivity contribution >= 4 is 0 Å². The third-order valence-electron chi connectivity index (χ3n) is 4.67. The number of rotatable bonds is 5. The van der Waals surface area contributed by atoms with Crippen molar-refractivity contribution in [2.24, 2.45) is 0 Å². The van der Waals surface area contributed by atoms with Crippen LogP contribution in [0.4, 0.5) is 0 Å². The van der Waals surface area contributed by atoms with Gasteiger partial charge in [-0.2, -0.15) is 0 Å². The van der Waals surface area contributed by atoms with Crippen molar-refractivity contribution in [3.8, 4) is 0 Å². The average Bonchev–Trinajstić information content (AvgIpc) is 2.95. The Balaban J connectivity index is 1.47. The smallest absolute Gasteiger partial charge is 0.0790 e. The zero-order valence-corrected chi connectivity index (χ0v) is 12.3. The van der Waals surface area contributed by atoms with Crippen LogP contribution in [0.5, 0.6) is 0 Å². The predicted molar refractivity (Wildman–Crippen MR) is 82.0 cm³/mol. The van der Waals surface area contributed by atoms with Crippen LogP contribution in [0.1, 0.15) is 42.1 Å². The first-order valence-corrected chi connectivity index (χ1v) is 8.06. The molecule has 0 aromatic heterocycles. The number of aryl methyl sites for hydroxylation is 2. The fourth-order valence-electron chi connectivity index (χ4n) is 3.41. The molecule has 3 rings (SSSR count). The lowest BCUT2D eigenvalue weighted by Crippen LogP contribution is -2.43. The molecule has 1 aliphatic heterocycles. The van der Waals surface area contributed by atoms with E-state index in [-0.39, 0.29) is 6.10 Å². The molecule has 0 saturated carbocycles. The van der Waals surface area contributed by atoms with Crippen molar-refractivity contribution < 1.29 is 5.11 Å². The van der Waals surface area contributed by atoms with Gasteiger partial charge in [0.2, 0.25) is 0 Å². The van der Waals surface area contributed by atoms with Crippen LogP contribution in [-0.2, 0) is 12.8 Å². The van der Waals surface area contributed by atoms with Crippen molar-refractivity contribution in [2.75, 3.05) is 32.7 Å². The van der Waals surface area contributed by atoms with Gasteiger partial charge < -0.3 is 15.3 Å². The number of aliphatic hydroxyl groups excluding tert-OH is 1. The van der Waals surface area contributed by atoms with Gasteiger partial charge in [-0.05, 0) is 55.3 Å². The quantitative estimate of drug-likeness (QED) is 0.861. The molecule has 110 valence electrons. The van der Waals surface area contributed by atoms with Crippen molar-refractivity contribution in [3.63, 3.8) is 0 Å². The highest BCUT2D eigenvalue weighted by molar-refractivity contribution is 5.36. The topological polar surface area (TPSA) is 35.5 Å². The number of nitrogens with zero attached hydrogens (tertiary/aromatic N) is 1. The molecule has 0 spiro atoms. The van der Waals surface area contributed by atoms with Crippen LogP contribution in [-0.4, -0.2) is 42.7 Å². The van der Waals surface area contributed by atoms with E-state index in [2.05, 4.69) is 28.4 Å². The Bertz CT molecular complexity index is 441. The first-order chi connectivity index (χ1) is 9.83. The van der Waals surface area contributed by atoms with Crippen molar-refractivity contribution in [3.05, 3.63) is 34.9 Å². The fourth-order valence-corrected chi connectivity index (χ4v) is 3.41. The Morgan fingerprint density at radius 2 is 1.95 bits per heavy atom. The third kappa shape index (κ3) is 3.40. The van der Waals surface area contributed by atoms with E-state index in [0.29, 0.717) is 0 Å². The summed E-state index contributed by atoms with van der Waals surface area (Å²) in [4.78, 5) is 2.49. The monoisotopic (exact) mass is 274 g/mol. The Labute approximate surface area is 122 Å². The minimum atomic E-state index is -0.288. The van der Waals surface area contributed by atoms with Gasteiger partial charge in [-0.25, -0.2) is 0 Å². The SMILES string of the molecule is OC(CCCN1CCNCC1)c1ccc2c(c1)CCC2. The molecule has 1 heterocycles. The molecule has 20 heavy (non-hydrogen) atoms. The minimum absolute atomic E-state index is 0.288. The van der Waals surface area contributed by atoms with E-state index in [0.717, 1.165) is 51.1 Å². The van der Waals surface area contributed by atoms with E-state index >= 15 is 0 Å². The first-order valence-electron chi connectivity index (χ1n) is 8.06. The molecule has 3 nitrogen and oxygen atoms in total. The van der Waals surface area contributed by atoms with Crippen LogP contribution in [0.15, 0.2) is 18.2 Å². The average molecular weight is 274 g/mol. The standard InChI is InChI=1S/C17H26N2O/c20-17(5-2-10-19-11-8-18-9-12-19)16-7-6-14-3-1-4-15(14)13-16/h6-7,13,17-18,20H,1-5,8-12H2. The largest absolute Gasteiger partial charge is 0.388 e. The lowest BCUT2D eigenvalue weighted by Gasteiger charge is -2.27. The van der Waals surface area contributed by atoms with Crippen LogP contribution >= 0.6 is 0 Å². The van der Waals surface area contributed by atoms with Crippen molar-refractivity contribution in [1.82, 2.24) is 10.2 Å². The Hall–Kier alpha value is -0.900. The van der Waals surface area contributed by atoms with Gasteiger partial charge in [0.15, 0.2) is 0 Å². The Morgan fingerprint density at radius 1 is 1.15 bits per heavy atom. The van der Waals surface area contributed by atoms with E-state index in [1.165, 1.54) is 30.4 Å². The van der Waals surface area contributed by atoms with Crippen LogP contribution < -0.4 is 5.32 Å². The van der Waals surface area contributed by atoms with Gasteiger partial charge in [-0.1, -0.05) is 18.2 Å². The molecule has 1 aromatic rings. The number of benzene rings is 1. The Morgan fingerprint density at radius 3 is 2.80 bits per heavy atom. The molecule has 1 fully saturated rings. The van der Waals surface area contributed by atoms with E-state index in [4.69, 9.17) is 0 Å². The molecule has 1 saturated heterocycles. The summed E-state index contributed by atoms with van der Waals surface area (Å²) >= 11 is 0. The summed E-state index contributed by atoms with van der Waals surface area (Å²) in [5.74, 6) is 0. The van der Waals surface area contributed by atoms with Gasteiger partial charge in [0.25, 0.3) is 0 Å². The molecule has 1 atom stereocenters. The zero-order valence-electron chi connectivity index (χ0n) is 12.3. The molecule has 3 heteroatoms. The van der Waals surface area contributed by atoms with Crippen molar-refractivity contribution in [2.45, 2.75) is 38.2 Å². The highest BCUT2D eigenvalue weighted by Crippen LogP contribution is 2.27. The summed E-state index contributed by atoms with van der Waals surface area (Å²) in [5, 5.41) is 13.7. The summed E-state index contributed by atoms with van der Waals surface area (Å²) in [5.41, 5.74) is 4.07. The highest BCUT2D eigenvalue weighted by atomic mass is 16.3.